The summed E-state index contributed by atoms with van der Waals surface area (Å²) in [5.41, 5.74) is 1.13. The smallest absolute Gasteiger partial charge is 0.329 e. The molecule has 3 rings (SSSR count). The standard InChI is InChI=1S/C19H19FN2O3S/c1-3-9-25-19(24)15(4-2)22-11-21-17-16(18(22)23)14(10-26-17)12-5-7-13(20)8-6-12/h5-8,10-11,15H,3-4,9H2,1-2H3/t15-/m0/s1. The fourth-order valence-corrected chi connectivity index (χ4v) is 3.69. The van der Waals surface area contributed by atoms with Gasteiger partial charge in [0, 0.05) is 10.9 Å². The molecule has 0 aliphatic heterocycles. The number of rotatable bonds is 6. The quantitative estimate of drug-likeness (QED) is 0.608. The third kappa shape index (κ3) is 3.39. The van der Waals surface area contributed by atoms with E-state index in [1.54, 1.807) is 12.1 Å². The predicted molar refractivity (Wildman–Crippen MR) is 99.9 cm³/mol. The van der Waals surface area contributed by atoms with Crippen LogP contribution in [0.5, 0.6) is 0 Å². The van der Waals surface area contributed by atoms with Gasteiger partial charge in [-0.3, -0.25) is 9.36 Å². The molecule has 0 fully saturated rings. The Hall–Kier alpha value is -2.54. The molecule has 26 heavy (non-hydrogen) atoms. The van der Waals surface area contributed by atoms with Crippen molar-refractivity contribution in [3.05, 3.63) is 52.1 Å². The largest absolute Gasteiger partial charge is 0.464 e. The number of halogens is 1. The maximum atomic E-state index is 13.2. The highest BCUT2D eigenvalue weighted by Gasteiger charge is 2.23. The Morgan fingerprint density at radius 1 is 1.31 bits per heavy atom. The normalized spacial score (nSPS) is 12.3. The number of hydrogen-bond donors (Lipinski definition) is 0. The molecule has 2 aromatic heterocycles. The summed E-state index contributed by atoms with van der Waals surface area (Å²) in [6, 6.07) is 5.24. The molecule has 0 aliphatic rings. The molecule has 1 atom stereocenters. The Balaban J connectivity index is 2.10. The van der Waals surface area contributed by atoms with Crippen LogP contribution in [0.2, 0.25) is 0 Å². The number of fused-ring (bicyclic) bond motifs is 1. The van der Waals surface area contributed by atoms with Crippen molar-refractivity contribution in [2.24, 2.45) is 0 Å². The number of carbonyl (C=O) groups excluding carboxylic acids is 1. The van der Waals surface area contributed by atoms with E-state index in [2.05, 4.69) is 4.98 Å². The average molecular weight is 374 g/mol. The number of carbonyl (C=O) groups is 1. The first-order chi connectivity index (χ1) is 12.6. The van der Waals surface area contributed by atoms with E-state index in [1.165, 1.54) is 34.4 Å². The van der Waals surface area contributed by atoms with Crippen molar-refractivity contribution in [2.75, 3.05) is 6.61 Å². The van der Waals surface area contributed by atoms with E-state index in [1.807, 2.05) is 19.2 Å². The summed E-state index contributed by atoms with van der Waals surface area (Å²) >= 11 is 1.34. The van der Waals surface area contributed by atoms with E-state index >= 15 is 0 Å². The molecule has 136 valence electrons. The minimum absolute atomic E-state index is 0.295. The van der Waals surface area contributed by atoms with E-state index in [9.17, 15) is 14.0 Å². The summed E-state index contributed by atoms with van der Waals surface area (Å²) in [6.07, 6.45) is 2.54. The molecule has 1 aromatic carbocycles. The van der Waals surface area contributed by atoms with Gasteiger partial charge in [-0.05, 0) is 30.5 Å². The third-order valence-electron chi connectivity index (χ3n) is 4.12. The van der Waals surface area contributed by atoms with Gasteiger partial charge in [0.15, 0.2) is 0 Å². The topological polar surface area (TPSA) is 61.2 Å². The zero-order valence-corrected chi connectivity index (χ0v) is 15.4. The number of benzene rings is 1. The molecule has 3 aromatic rings. The van der Waals surface area contributed by atoms with Crippen molar-refractivity contribution in [3.63, 3.8) is 0 Å². The minimum Gasteiger partial charge on any atom is -0.464 e. The van der Waals surface area contributed by atoms with Gasteiger partial charge in [0.2, 0.25) is 0 Å². The Labute approximate surface area is 154 Å². The molecule has 0 saturated carbocycles. The number of aromatic nitrogens is 2. The molecular weight excluding hydrogens is 355 g/mol. The van der Waals surface area contributed by atoms with E-state index in [0.29, 0.717) is 35.2 Å². The maximum Gasteiger partial charge on any atom is 0.329 e. The van der Waals surface area contributed by atoms with E-state index in [-0.39, 0.29) is 11.4 Å². The third-order valence-corrected chi connectivity index (χ3v) is 5.00. The number of ether oxygens (including phenoxy) is 1. The number of thiophene rings is 1. The molecule has 0 unspecified atom stereocenters. The van der Waals surface area contributed by atoms with Gasteiger partial charge in [-0.15, -0.1) is 11.3 Å². The van der Waals surface area contributed by atoms with Crippen LogP contribution in [0.3, 0.4) is 0 Å². The summed E-state index contributed by atoms with van der Waals surface area (Å²) in [5.74, 6) is -0.773. The van der Waals surface area contributed by atoms with Crippen LogP contribution in [0.25, 0.3) is 21.3 Å². The van der Waals surface area contributed by atoms with Gasteiger partial charge in [-0.25, -0.2) is 14.2 Å². The monoisotopic (exact) mass is 374 g/mol. The van der Waals surface area contributed by atoms with Crippen molar-refractivity contribution in [2.45, 2.75) is 32.7 Å². The van der Waals surface area contributed by atoms with Crippen molar-refractivity contribution in [3.8, 4) is 11.1 Å². The van der Waals surface area contributed by atoms with E-state index in [4.69, 9.17) is 4.74 Å². The highest BCUT2D eigenvalue weighted by atomic mass is 32.1. The summed E-state index contributed by atoms with van der Waals surface area (Å²) < 4.78 is 19.7. The lowest BCUT2D eigenvalue weighted by Gasteiger charge is -2.16. The molecule has 0 radical (unpaired) electrons. The maximum absolute atomic E-state index is 13.2. The Morgan fingerprint density at radius 3 is 2.69 bits per heavy atom. The Morgan fingerprint density at radius 2 is 2.04 bits per heavy atom. The van der Waals surface area contributed by atoms with Crippen LogP contribution in [0, 0.1) is 5.82 Å². The molecular formula is C19H19FN2O3S. The van der Waals surface area contributed by atoms with Crippen molar-refractivity contribution in [1.29, 1.82) is 0 Å². The van der Waals surface area contributed by atoms with E-state index in [0.717, 1.165) is 5.56 Å². The molecule has 0 aliphatic carbocycles. The second kappa shape index (κ2) is 7.78. The van der Waals surface area contributed by atoms with Crippen LogP contribution in [0.15, 0.2) is 40.8 Å². The predicted octanol–water partition coefficient (Wildman–Crippen LogP) is 4.17. The Kier molecular flexibility index (Phi) is 5.46. The highest BCUT2D eigenvalue weighted by Crippen LogP contribution is 2.31. The molecule has 0 N–H and O–H groups in total. The zero-order valence-electron chi connectivity index (χ0n) is 14.6. The highest BCUT2D eigenvalue weighted by molar-refractivity contribution is 7.17. The lowest BCUT2D eigenvalue weighted by Crippen LogP contribution is -2.31. The van der Waals surface area contributed by atoms with Crippen LogP contribution < -0.4 is 5.56 Å². The fraction of sp³-hybridized carbons (Fsp3) is 0.316. The number of hydrogen-bond acceptors (Lipinski definition) is 5. The molecule has 0 amide bonds. The first-order valence-corrected chi connectivity index (χ1v) is 9.35. The Bertz CT molecular complexity index is 979. The van der Waals surface area contributed by atoms with Crippen molar-refractivity contribution >= 4 is 27.5 Å². The summed E-state index contributed by atoms with van der Waals surface area (Å²) in [6.45, 7) is 4.05. The molecule has 5 nitrogen and oxygen atoms in total. The second-order valence-electron chi connectivity index (χ2n) is 5.88. The van der Waals surface area contributed by atoms with Gasteiger partial charge < -0.3 is 4.74 Å². The molecule has 2 heterocycles. The van der Waals surface area contributed by atoms with Gasteiger partial charge in [0.1, 0.15) is 16.7 Å². The van der Waals surface area contributed by atoms with Gasteiger partial charge in [0.25, 0.3) is 5.56 Å². The van der Waals surface area contributed by atoms with Crippen LogP contribution in [0.1, 0.15) is 32.7 Å². The van der Waals surface area contributed by atoms with Crippen LogP contribution in [-0.4, -0.2) is 22.1 Å². The van der Waals surface area contributed by atoms with Crippen LogP contribution >= 0.6 is 11.3 Å². The summed E-state index contributed by atoms with van der Waals surface area (Å²) in [4.78, 5) is 30.3. The lowest BCUT2D eigenvalue weighted by atomic mass is 10.1. The molecule has 0 spiro atoms. The van der Waals surface area contributed by atoms with Crippen molar-refractivity contribution < 1.29 is 13.9 Å². The number of nitrogens with zero attached hydrogens (tertiary/aromatic N) is 2. The van der Waals surface area contributed by atoms with Gasteiger partial charge in [-0.2, -0.15) is 0 Å². The average Bonchev–Trinajstić information content (AvgIpc) is 3.08. The van der Waals surface area contributed by atoms with Gasteiger partial charge in [-0.1, -0.05) is 26.0 Å². The minimum atomic E-state index is -0.716. The number of esters is 1. The lowest BCUT2D eigenvalue weighted by molar-refractivity contribution is -0.147. The SMILES string of the molecule is CCCOC(=O)[C@H](CC)n1cnc2scc(-c3ccc(F)cc3)c2c1=O. The summed E-state index contributed by atoms with van der Waals surface area (Å²) in [5, 5.41) is 2.26. The second-order valence-corrected chi connectivity index (χ2v) is 6.74. The van der Waals surface area contributed by atoms with Crippen molar-refractivity contribution in [1.82, 2.24) is 9.55 Å². The zero-order chi connectivity index (χ0) is 18.7. The van der Waals surface area contributed by atoms with Crippen LogP contribution in [0.4, 0.5) is 4.39 Å². The van der Waals surface area contributed by atoms with Crippen LogP contribution in [-0.2, 0) is 9.53 Å². The first-order valence-electron chi connectivity index (χ1n) is 8.47. The first kappa shape index (κ1) is 18.3. The van der Waals surface area contributed by atoms with E-state index < -0.39 is 12.0 Å². The molecule has 7 heteroatoms. The summed E-state index contributed by atoms with van der Waals surface area (Å²) in [7, 11) is 0. The van der Waals surface area contributed by atoms with Gasteiger partial charge in [0.05, 0.1) is 18.3 Å². The molecule has 0 bridgehead atoms. The molecule has 0 saturated heterocycles. The fourth-order valence-electron chi connectivity index (χ4n) is 2.79. The van der Waals surface area contributed by atoms with Gasteiger partial charge >= 0.3 is 5.97 Å².